The first-order chi connectivity index (χ1) is 14.5. The van der Waals surface area contributed by atoms with Crippen LogP contribution in [0.2, 0.25) is 39.3 Å². The summed E-state index contributed by atoms with van der Waals surface area (Å²) in [6, 6.07) is 20.9. The molecule has 3 aromatic rings. The van der Waals surface area contributed by atoms with Crippen LogP contribution in [0, 0.1) is 0 Å². The van der Waals surface area contributed by atoms with Crippen LogP contribution in [0.4, 0.5) is 11.4 Å². The van der Waals surface area contributed by atoms with Crippen molar-refractivity contribution in [3.05, 3.63) is 72.2 Å². The van der Waals surface area contributed by atoms with Gasteiger partial charge in [-0.1, -0.05) is 75.7 Å². The van der Waals surface area contributed by atoms with Crippen molar-refractivity contribution in [3.8, 4) is 0 Å². The Morgan fingerprint density at radius 2 is 0.935 bits per heavy atom. The lowest BCUT2D eigenvalue weighted by Crippen LogP contribution is -2.37. The Labute approximate surface area is 189 Å². The Balaban J connectivity index is 1.93. The lowest BCUT2D eigenvalue weighted by molar-refractivity contribution is 0.548. The summed E-state index contributed by atoms with van der Waals surface area (Å²) in [5, 5.41) is 2.73. The van der Waals surface area contributed by atoms with E-state index in [1.165, 1.54) is 10.4 Å². The minimum atomic E-state index is -1.48. The molecular weight excluding hydrogens is 412 g/mol. The molecule has 1 aromatic heterocycles. The monoisotopic (exact) mass is 446 g/mol. The molecule has 0 aliphatic carbocycles. The molecule has 1 heterocycles. The number of hydrogen-bond acceptors (Lipinski definition) is 3. The van der Waals surface area contributed by atoms with Crippen LogP contribution in [0.1, 0.15) is 25.4 Å². The van der Waals surface area contributed by atoms with Gasteiger partial charge in [0.25, 0.3) is 0 Å². The molecule has 0 amide bonds. The van der Waals surface area contributed by atoms with E-state index in [0.29, 0.717) is 0 Å². The molecule has 0 aliphatic rings. The summed E-state index contributed by atoms with van der Waals surface area (Å²) in [4.78, 5) is 9.84. The normalized spacial score (nSPS) is 13.5. The van der Waals surface area contributed by atoms with E-state index in [1.807, 2.05) is 26.0 Å². The molecule has 0 bridgehead atoms. The van der Waals surface area contributed by atoms with Gasteiger partial charge in [0.1, 0.15) is 11.5 Å². The Bertz CT molecular complexity index is 1040. The predicted molar refractivity (Wildman–Crippen MR) is 141 cm³/mol. The fourth-order valence-electron chi connectivity index (χ4n) is 3.61. The van der Waals surface area contributed by atoms with Gasteiger partial charge in [-0.2, -0.15) is 0 Å². The summed E-state index contributed by atoms with van der Waals surface area (Å²) in [6.07, 6.45) is 0. The average molecular weight is 447 g/mol. The smallest absolute Gasteiger partial charge is 0.148 e. The lowest BCUT2D eigenvalue weighted by Gasteiger charge is -2.19. The highest BCUT2D eigenvalue weighted by Crippen LogP contribution is 2.20. The summed E-state index contributed by atoms with van der Waals surface area (Å²) in [5.41, 5.74) is 3.86. The van der Waals surface area contributed by atoms with E-state index in [4.69, 9.17) is 14.4 Å². The molecule has 0 radical (unpaired) electrons. The van der Waals surface area contributed by atoms with Gasteiger partial charge >= 0.3 is 0 Å². The quantitative estimate of drug-likeness (QED) is 0.308. The second-order valence-electron chi connectivity index (χ2n) is 10.1. The van der Waals surface area contributed by atoms with Crippen molar-refractivity contribution in [2.45, 2.75) is 53.1 Å². The fourth-order valence-corrected chi connectivity index (χ4v) is 6.62. The third kappa shape index (κ3) is 5.60. The van der Waals surface area contributed by atoms with E-state index < -0.39 is 16.1 Å². The van der Waals surface area contributed by atoms with Crippen LogP contribution in [0.3, 0.4) is 0 Å². The molecule has 0 unspecified atom stereocenters. The number of furan rings is 1. The second-order valence-corrected chi connectivity index (χ2v) is 20.2. The van der Waals surface area contributed by atoms with Crippen molar-refractivity contribution >= 4 is 49.3 Å². The van der Waals surface area contributed by atoms with Crippen molar-refractivity contribution < 1.29 is 4.42 Å². The van der Waals surface area contributed by atoms with E-state index >= 15 is 0 Å². The van der Waals surface area contributed by atoms with Gasteiger partial charge in [0.2, 0.25) is 0 Å². The van der Waals surface area contributed by atoms with Gasteiger partial charge in [-0.05, 0) is 48.5 Å². The van der Waals surface area contributed by atoms with E-state index in [0.717, 1.165) is 34.3 Å². The van der Waals surface area contributed by atoms with Gasteiger partial charge in [-0.25, -0.2) is 9.98 Å². The van der Waals surface area contributed by atoms with E-state index in [1.54, 1.807) is 0 Å². The van der Waals surface area contributed by atoms with Gasteiger partial charge in [0.05, 0.1) is 38.9 Å². The van der Waals surface area contributed by atoms with Crippen LogP contribution in [-0.4, -0.2) is 27.6 Å². The lowest BCUT2D eigenvalue weighted by atomic mass is 10.2. The Kier molecular flexibility index (Phi) is 6.67. The zero-order chi connectivity index (χ0) is 22.8. The van der Waals surface area contributed by atoms with E-state index in [-0.39, 0.29) is 0 Å². The van der Waals surface area contributed by atoms with Crippen LogP contribution in [0.25, 0.3) is 0 Å². The zero-order valence-corrected chi connectivity index (χ0v) is 22.1. The molecule has 2 aromatic carbocycles. The number of rotatable bonds is 6. The summed E-state index contributed by atoms with van der Waals surface area (Å²) >= 11 is 0. The molecule has 0 N–H and O–H groups in total. The highest BCUT2D eigenvalue weighted by atomic mass is 28.3. The van der Waals surface area contributed by atoms with Crippen molar-refractivity contribution in [2.24, 2.45) is 9.98 Å². The number of para-hydroxylation sites is 2. The SMILES string of the molecule is CC(=Nc1ccccc1[Si](C)(C)C)c1ccc(C(C)=Nc2ccccc2[Si](C)(C)C)o1. The second kappa shape index (κ2) is 8.93. The maximum absolute atomic E-state index is 6.16. The van der Waals surface area contributed by atoms with Crippen LogP contribution in [-0.2, 0) is 0 Å². The van der Waals surface area contributed by atoms with Gasteiger partial charge in [0, 0.05) is 0 Å². The van der Waals surface area contributed by atoms with Crippen LogP contribution < -0.4 is 10.4 Å². The maximum atomic E-state index is 6.16. The molecule has 0 spiro atoms. The van der Waals surface area contributed by atoms with Crippen molar-refractivity contribution in [2.75, 3.05) is 0 Å². The molecule has 0 saturated heterocycles. The Morgan fingerprint density at radius 3 is 1.29 bits per heavy atom. The molecule has 5 heteroatoms. The Morgan fingerprint density at radius 1 is 0.581 bits per heavy atom. The molecule has 0 aliphatic heterocycles. The minimum absolute atomic E-state index is 0.786. The molecule has 0 atom stereocenters. The minimum Gasteiger partial charge on any atom is -0.454 e. The number of hydrogen-bond donors (Lipinski definition) is 0. The molecule has 3 nitrogen and oxygen atoms in total. The largest absolute Gasteiger partial charge is 0.454 e. The zero-order valence-electron chi connectivity index (χ0n) is 20.1. The fraction of sp³-hybridized carbons (Fsp3) is 0.308. The molecule has 0 fully saturated rings. The van der Waals surface area contributed by atoms with Crippen molar-refractivity contribution in [1.29, 1.82) is 0 Å². The third-order valence-electron chi connectivity index (χ3n) is 5.32. The predicted octanol–water partition coefficient (Wildman–Crippen LogP) is 6.65. The van der Waals surface area contributed by atoms with Crippen molar-refractivity contribution in [1.82, 2.24) is 0 Å². The standard InChI is InChI=1S/C26H34N2OSi2/c1-19(27-21-13-9-11-15-25(21)30(3,4)5)23-17-18-24(29-23)20(2)28-22-14-10-12-16-26(22)31(6,7)8/h9-18H,1-8H3. The number of nitrogens with zero attached hydrogens (tertiary/aromatic N) is 2. The molecule has 162 valence electrons. The summed E-state index contributed by atoms with van der Waals surface area (Å²) in [6.45, 7) is 18.1. The van der Waals surface area contributed by atoms with Crippen LogP contribution >= 0.6 is 0 Å². The molecule has 3 rings (SSSR count). The highest BCUT2D eigenvalue weighted by Gasteiger charge is 2.21. The first kappa shape index (κ1) is 23.2. The average Bonchev–Trinajstić information content (AvgIpc) is 3.18. The van der Waals surface area contributed by atoms with E-state index in [2.05, 4.69) is 87.8 Å². The van der Waals surface area contributed by atoms with Gasteiger partial charge in [-0.3, -0.25) is 0 Å². The summed E-state index contributed by atoms with van der Waals surface area (Å²) in [5.74, 6) is 1.57. The summed E-state index contributed by atoms with van der Waals surface area (Å²) < 4.78 is 6.16. The maximum Gasteiger partial charge on any atom is 0.148 e. The van der Waals surface area contributed by atoms with E-state index in [9.17, 15) is 0 Å². The van der Waals surface area contributed by atoms with Gasteiger partial charge < -0.3 is 4.42 Å². The van der Waals surface area contributed by atoms with Crippen LogP contribution in [0.15, 0.2) is 75.1 Å². The molecule has 31 heavy (non-hydrogen) atoms. The number of benzene rings is 2. The number of aliphatic imine (C=N–C) groups is 2. The van der Waals surface area contributed by atoms with Gasteiger partial charge in [-0.15, -0.1) is 0 Å². The summed E-state index contributed by atoms with van der Waals surface area (Å²) in [7, 11) is -2.95. The van der Waals surface area contributed by atoms with Crippen molar-refractivity contribution in [3.63, 3.8) is 0 Å². The molecule has 0 saturated carbocycles. The molecular formula is C26H34N2OSi2. The first-order valence-electron chi connectivity index (χ1n) is 10.9. The topological polar surface area (TPSA) is 37.9 Å². The highest BCUT2D eigenvalue weighted by molar-refractivity contribution is 6.90. The first-order valence-corrected chi connectivity index (χ1v) is 17.9. The third-order valence-corrected chi connectivity index (χ3v) is 9.40. The van der Waals surface area contributed by atoms with Crippen LogP contribution in [0.5, 0.6) is 0 Å². The Hall–Kier alpha value is -2.51. The van der Waals surface area contributed by atoms with Gasteiger partial charge in [0.15, 0.2) is 0 Å².